The predicted molar refractivity (Wildman–Crippen MR) is 74.4 cm³/mol. The van der Waals surface area contributed by atoms with Crippen LogP contribution >= 0.6 is 0 Å². The van der Waals surface area contributed by atoms with Gasteiger partial charge in [0.25, 0.3) is 5.69 Å². The van der Waals surface area contributed by atoms with Gasteiger partial charge in [-0.2, -0.15) is 13.2 Å². The largest absolute Gasteiger partial charge is 0.497 e. The molecule has 5 nitrogen and oxygen atoms in total. The zero-order valence-electron chi connectivity index (χ0n) is 11.3. The van der Waals surface area contributed by atoms with Gasteiger partial charge in [0.05, 0.1) is 12.0 Å². The summed E-state index contributed by atoms with van der Waals surface area (Å²) in [4.78, 5) is 9.62. The summed E-state index contributed by atoms with van der Waals surface area (Å²) >= 11 is 0. The molecule has 0 aliphatic rings. The van der Waals surface area contributed by atoms with Crippen LogP contribution in [0, 0.1) is 10.1 Å². The van der Waals surface area contributed by atoms with Crippen LogP contribution in [0.1, 0.15) is 5.56 Å². The average molecular weight is 312 g/mol. The Bertz CT molecular complexity index is 685. The molecule has 0 aliphatic heterocycles. The Morgan fingerprint density at radius 1 is 1.09 bits per heavy atom. The van der Waals surface area contributed by atoms with E-state index < -0.39 is 22.4 Å². The predicted octanol–water partition coefficient (Wildman–Crippen LogP) is 4.37. The summed E-state index contributed by atoms with van der Waals surface area (Å²) in [6.45, 7) is 0. The molecule has 2 rings (SSSR count). The third-order valence-electron chi connectivity index (χ3n) is 2.88. The Kier molecular flexibility index (Phi) is 4.20. The highest BCUT2D eigenvalue weighted by Crippen LogP contribution is 2.38. The SMILES string of the molecule is COc1ccc(Nc2ccc([N+](=O)[O-])c(C(F)(F)F)c2)cc1. The lowest BCUT2D eigenvalue weighted by atomic mass is 10.1. The first-order valence-corrected chi connectivity index (χ1v) is 6.08. The molecule has 0 amide bonds. The number of alkyl halides is 3. The summed E-state index contributed by atoms with van der Waals surface area (Å²) in [5, 5.41) is 13.4. The van der Waals surface area contributed by atoms with Gasteiger partial charge in [-0.3, -0.25) is 10.1 Å². The molecule has 0 bridgehead atoms. The zero-order chi connectivity index (χ0) is 16.3. The van der Waals surface area contributed by atoms with Gasteiger partial charge in [0.1, 0.15) is 11.3 Å². The molecule has 0 atom stereocenters. The fourth-order valence-electron chi connectivity index (χ4n) is 1.84. The Balaban J connectivity index is 2.33. The molecule has 0 aromatic heterocycles. The Labute approximate surface area is 123 Å². The number of hydrogen-bond acceptors (Lipinski definition) is 4. The lowest BCUT2D eigenvalue weighted by Crippen LogP contribution is -2.09. The van der Waals surface area contributed by atoms with Gasteiger partial charge in [0.15, 0.2) is 0 Å². The Hall–Kier alpha value is -2.77. The number of rotatable bonds is 4. The molecule has 0 saturated heterocycles. The van der Waals surface area contributed by atoms with Gasteiger partial charge >= 0.3 is 6.18 Å². The van der Waals surface area contributed by atoms with Crippen LogP contribution < -0.4 is 10.1 Å². The van der Waals surface area contributed by atoms with E-state index in [1.54, 1.807) is 24.3 Å². The number of halogens is 3. The first-order valence-electron chi connectivity index (χ1n) is 6.08. The number of methoxy groups -OCH3 is 1. The quantitative estimate of drug-likeness (QED) is 0.672. The molecule has 2 aromatic rings. The van der Waals surface area contributed by atoms with Crippen LogP contribution in [0.25, 0.3) is 0 Å². The molecule has 0 heterocycles. The van der Waals surface area contributed by atoms with Gasteiger partial charge in [-0.05, 0) is 36.4 Å². The van der Waals surface area contributed by atoms with Crippen LogP contribution in [0.3, 0.4) is 0 Å². The van der Waals surface area contributed by atoms with E-state index in [1.165, 1.54) is 13.2 Å². The molecule has 0 saturated carbocycles. The highest BCUT2D eigenvalue weighted by atomic mass is 19.4. The summed E-state index contributed by atoms with van der Waals surface area (Å²) in [5.41, 5.74) is -1.64. The molecule has 0 spiro atoms. The van der Waals surface area contributed by atoms with Gasteiger partial charge in [-0.25, -0.2) is 0 Å². The van der Waals surface area contributed by atoms with Crippen LogP contribution in [-0.4, -0.2) is 12.0 Å². The summed E-state index contributed by atoms with van der Waals surface area (Å²) in [5.74, 6) is 0.602. The molecule has 0 aliphatic carbocycles. The smallest absolute Gasteiger partial charge is 0.423 e. The monoisotopic (exact) mass is 312 g/mol. The fraction of sp³-hybridized carbons (Fsp3) is 0.143. The first kappa shape index (κ1) is 15.6. The van der Waals surface area contributed by atoms with Gasteiger partial charge in [-0.1, -0.05) is 0 Å². The van der Waals surface area contributed by atoms with E-state index in [9.17, 15) is 23.3 Å². The van der Waals surface area contributed by atoms with Gasteiger partial charge < -0.3 is 10.1 Å². The fourth-order valence-corrected chi connectivity index (χ4v) is 1.84. The van der Waals surface area contributed by atoms with Gasteiger partial charge in [0.2, 0.25) is 0 Å². The van der Waals surface area contributed by atoms with Crippen molar-refractivity contribution in [1.29, 1.82) is 0 Å². The maximum absolute atomic E-state index is 12.9. The minimum atomic E-state index is -4.81. The van der Waals surface area contributed by atoms with E-state index in [0.717, 1.165) is 6.07 Å². The van der Waals surface area contributed by atoms with Crippen molar-refractivity contribution in [3.8, 4) is 5.75 Å². The van der Waals surface area contributed by atoms with Crippen molar-refractivity contribution in [3.63, 3.8) is 0 Å². The summed E-state index contributed by atoms with van der Waals surface area (Å²) < 4.78 is 43.6. The molecule has 2 aromatic carbocycles. The molecule has 8 heteroatoms. The van der Waals surface area contributed by atoms with E-state index in [4.69, 9.17) is 4.74 Å². The average Bonchev–Trinajstić information content (AvgIpc) is 2.47. The normalized spacial score (nSPS) is 11.1. The zero-order valence-corrected chi connectivity index (χ0v) is 11.3. The van der Waals surface area contributed by atoms with Crippen LogP contribution in [0.2, 0.25) is 0 Å². The molecule has 1 N–H and O–H groups in total. The lowest BCUT2D eigenvalue weighted by molar-refractivity contribution is -0.388. The number of benzene rings is 2. The number of anilines is 2. The molecule has 22 heavy (non-hydrogen) atoms. The van der Waals surface area contributed by atoms with Crippen LogP contribution in [-0.2, 0) is 6.18 Å². The van der Waals surface area contributed by atoms with E-state index in [-0.39, 0.29) is 5.69 Å². The van der Waals surface area contributed by atoms with Crippen molar-refractivity contribution in [2.24, 2.45) is 0 Å². The van der Waals surface area contributed by atoms with E-state index >= 15 is 0 Å². The number of ether oxygens (including phenoxy) is 1. The summed E-state index contributed by atoms with van der Waals surface area (Å²) in [7, 11) is 1.49. The van der Waals surface area contributed by atoms with E-state index in [0.29, 0.717) is 17.5 Å². The van der Waals surface area contributed by atoms with Crippen LogP contribution in [0.5, 0.6) is 5.75 Å². The maximum Gasteiger partial charge on any atom is 0.423 e. The van der Waals surface area contributed by atoms with Crippen LogP contribution in [0.15, 0.2) is 42.5 Å². The Morgan fingerprint density at radius 2 is 1.68 bits per heavy atom. The van der Waals surface area contributed by atoms with Gasteiger partial charge in [0, 0.05) is 17.4 Å². The van der Waals surface area contributed by atoms with Crippen molar-refractivity contribution in [3.05, 3.63) is 58.1 Å². The third kappa shape index (κ3) is 3.46. The molecular formula is C14H11F3N2O3. The van der Waals surface area contributed by atoms with Crippen molar-refractivity contribution in [1.82, 2.24) is 0 Å². The molecule has 116 valence electrons. The highest BCUT2D eigenvalue weighted by molar-refractivity contribution is 5.64. The van der Waals surface area contributed by atoms with Crippen molar-refractivity contribution >= 4 is 17.1 Å². The van der Waals surface area contributed by atoms with Gasteiger partial charge in [-0.15, -0.1) is 0 Å². The number of nitrogens with zero attached hydrogens (tertiary/aromatic N) is 1. The van der Waals surface area contributed by atoms with E-state index in [2.05, 4.69) is 5.32 Å². The number of hydrogen-bond donors (Lipinski definition) is 1. The second-order valence-electron chi connectivity index (χ2n) is 4.34. The maximum atomic E-state index is 12.9. The first-order chi connectivity index (χ1) is 10.3. The topological polar surface area (TPSA) is 64.4 Å². The number of nitro benzene ring substituents is 1. The standard InChI is InChI=1S/C14H11F3N2O3/c1-22-11-5-2-9(3-6-11)18-10-4-7-13(19(20)21)12(8-10)14(15,16)17/h2-8,18H,1H3. The van der Waals surface area contributed by atoms with Crippen LogP contribution in [0.4, 0.5) is 30.2 Å². The molecular weight excluding hydrogens is 301 g/mol. The number of nitrogens with one attached hydrogen (secondary N) is 1. The van der Waals surface area contributed by atoms with Crippen molar-refractivity contribution < 1.29 is 22.8 Å². The summed E-state index contributed by atoms with van der Waals surface area (Å²) in [6.07, 6.45) is -4.81. The minimum absolute atomic E-state index is 0.100. The third-order valence-corrected chi connectivity index (χ3v) is 2.88. The number of nitro groups is 1. The molecule has 0 fully saturated rings. The van der Waals surface area contributed by atoms with Crippen molar-refractivity contribution in [2.75, 3.05) is 12.4 Å². The molecule has 0 unspecified atom stereocenters. The second-order valence-corrected chi connectivity index (χ2v) is 4.34. The highest BCUT2D eigenvalue weighted by Gasteiger charge is 2.38. The lowest BCUT2D eigenvalue weighted by Gasteiger charge is -2.11. The van der Waals surface area contributed by atoms with Crippen molar-refractivity contribution in [2.45, 2.75) is 6.18 Å². The van der Waals surface area contributed by atoms with E-state index in [1.807, 2.05) is 0 Å². The summed E-state index contributed by atoms with van der Waals surface area (Å²) in [6, 6.07) is 9.27. The Morgan fingerprint density at radius 3 is 2.18 bits per heavy atom. The second kappa shape index (κ2) is 5.92. The minimum Gasteiger partial charge on any atom is -0.497 e. The molecule has 0 radical (unpaired) electrons.